The van der Waals surface area contributed by atoms with Crippen LogP contribution in [0.5, 0.6) is 0 Å². The Bertz CT molecular complexity index is 404. The topological polar surface area (TPSA) is 38.3 Å². The van der Waals surface area contributed by atoms with Crippen molar-refractivity contribution >= 4 is 19.3 Å². The Kier molecular flexibility index (Phi) is 2.78. The lowest BCUT2D eigenvalue weighted by Crippen LogP contribution is -2.27. The maximum Gasteiger partial charge on any atom is 0.337 e. The lowest BCUT2D eigenvalue weighted by molar-refractivity contribution is 0.0602. The predicted molar refractivity (Wildman–Crippen MR) is 58.6 cm³/mol. The molecule has 1 aromatic rings. The van der Waals surface area contributed by atoms with Gasteiger partial charge in [0, 0.05) is 6.54 Å². The Labute approximate surface area is 90.2 Å². The van der Waals surface area contributed by atoms with E-state index in [1.807, 2.05) is 12.1 Å². The normalized spacial score (nSPS) is 14.5. The van der Waals surface area contributed by atoms with Crippen molar-refractivity contribution in [3.63, 3.8) is 0 Å². The maximum absolute atomic E-state index is 11.4. The summed E-state index contributed by atoms with van der Waals surface area (Å²) in [7, 11) is 7.16. The van der Waals surface area contributed by atoms with E-state index in [1.54, 1.807) is 0 Å². The molecule has 0 saturated carbocycles. The van der Waals surface area contributed by atoms with Crippen LogP contribution in [0.4, 0.5) is 0 Å². The summed E-state index contributed by atoms with van der Waals surface area (Å²) in [6.45, 7) is 1.76. The molecule has 1 heterocycles. The number of hydrogen-bond acceptors (Lipinski definition) is 3. The van der Waals surface area contributed by atoms with Crippen molar-refractivity contribution in [2.24, 2.45) is 0 Å². The minimum Gasteiger partial charge on any atom is -0.465 e. The van der Waals surface area contributed by atoms with Gasteiger partial charge in [0.15, 0.2) is 0 Å². The highest BCUT2D eigenvalue weighted by atomic mass is 16.5. The van der Waals surface area contributed by atoms with E-state index >= 15 is 0 Å². The van der Waals surface area contributed by atoms with Gasteiger partial charge in [0.2, 0.25) is 0 Å². The van der Waals surface area contributed by atoms with Gasteiger partial charge in [-0.25, -0.2) is 4.79 Å². The van der Waals surface area contributed by atoms with Gasteiger partial charge in [-0.05, 0) is 30.2 Å². The summed E-state index contributed by atoms with van der Waals surface area (Å²) in [5.41, 5.74) is 3.32. The second kappa shape index (κ2) is 4.07. The molecule has 0 bridgehead atoms. The van der Waals surface area contributed by atoms with E-state index in [0.29, 0.717) is 11.0 Å². The van der Waals surface area contributed by atoms with Gasteiger partial charge >= 0.3 is 5.97 Å². The molecule has 4 heteroatoms. The number of carbonyl (C=O) groups is 1. The number of carbonyl (C=O) groups excluding carboxylic acids is 1. The van der Waals surface area contributed by atoms with Gasteiger partial charge in [0.1, 0.15) is 7.85 Å². The second-order valence-corrected chi connectivity index (χ2v) is 3.63. The van der Waals surface area contributed by atoms with Crippen LogP contribution >= 0.6 is 0 Å². The van der Waals surface area contributed by atoms with Crippen molar-refractivity contribution in [3.8, 4) is 0 Å². The lowest BCUT2D eigenvalue weighted by atomic mass is 9.85. The number of esters is 1. The van der Waals surface area contributed by atoms with E-state index in [4.69, 9.17) is 7.85 Å². The molecule has 2 rings (SSSR count). The molecule has 0 aliphatic carbocycles. The molecule has 15 heavy (non-hydrogen) atoms. The number of nitrogens with one attached hydrogen (secondary N) is 1. The third-order valence-electron chi connectivity index (χ3n) is 2.66. The highest BCUT2D eigenvalue weighted by Crippen LogP contribution is 2.14. The minimum atomic E-state index is -0.367. The van der Waals surface area contributed by atoms with Crippen LogP contribution in [0.1, 0.15) is 21.5 Å². The fourth-order valence-corrected chi connectivity index (χ4v) is 1.84. The Morgan fingerprint density at radius 2 is 2.27 bits per heavy atom. The molecule has 0 unspecified atom stereocenters. The third-order valence-corrected chi connectivity index (χ3v) is 2.66. The first-order valence-electron chi connectivity index (χ1n) is 4.92. The standard InChI is InChI=1S/C11H12BNO2/c1-15-11(14)9-4-7-2-3-13-6-8(7)5-10(9)12/h4-5,13H,2-3,6H2,1H3. The molecule has 1 N–H and O–H groups in total. The molecule has 76 valence electrons. The molecule has 0 atom stereocenters. The Morgan fingerprint density at radius 3 is 3.00 bits per heavy atom. The summed E-state index contributed by atoms with van der Waals surface area (Å²) < 4.78 is 4.67. The molecule has 1 aromatic carbocycles. The average molecular weight is 201 g/mol. The predicted octanol–water partition coefficient (Wildman–Crippen LogP) is -0.0873. The maximum atomic E-state index is 11.4. The number of fused-ring (bicyclic) bond motifs is 1. The van der Waals surface area contributed by atoms with Gasteiger partial charge in [-0.15, -0.1) is 0 Å². The van der Waals surface area contributed by atoms with Crippen LogP contribution in [0.25, 0.3) is 0 Å². The summed E-state index contributed by atoms with van der Waals surface area (Å²) in [5, 5.41) is 3.26. The highest BCUT2D eigenvalue weighted by Gasteiger charge is 2.15. The van der Waals surface area contributed by atoms with Gasteiger partial charge in [0.25, 0.3) is 0 Å². The van der Waals surface area contributed by atoms with Crippen molar-refractivity contribution < 1.29 is 9.53 Å². The number of methoxy groups -OCH3 is 1. The molecule has 0 spiro atoms. The van der Waals surface area contributed by atoms with Crippen LogP contribution in [0.3, 0.4) is 0 Å². The molecular weight excluding hydrogens is 189 g/mol. The molecule has 2 radical (unpaired) electrons. The highest BCUT2D eigenvalue weighted by molar-refractivity contribution is 6.36. The van der Waals surface area contributed by atoms with Gasteiger partial charge in [-0.3, -0.25) is 0 Å². The van der Waals surface area contributed by atoms with E-state index in [2.05, 4.69) is 10.1 Å². The summed E-state index contributed by atoms with van der Waals surface area (Å²) in [6, 6.07) is 3.70. The average Bonchev–Trinajstić information content (AvgIpc) is 2.27. The van der Waals surface area contributed by atoms with Crippen molar-refractivity contribution in [3.05, 3.63) is 28.8 Å². The first kappa shape index (κ1) is 10.2. The van der Waals surface area contributed by atoms with Crippen molar-refractivity contribution in [2.45, 2.75) is 13.0 Å². The minimum absolute atomic E-state index is 0.367. The van der Waals surface area contributed by atoms with Crippen LogP contribution in [0.15, 0.2) is 12.1 Å². The number of hydrogen-bond donors (Lipinski definition) is 1. The van der Waals surface area contributed by atoms with E-state index in [1.165, 1.54) is 18.2 Å². The zero-order valence-electron chi connectivity index (χ0n) is 8.67. The van der Waals surface area contributed by atoms with Gasteiger partial charge in [0.05, 0.1) is 12.7 Å². The van der Waals surface area contributed by atoms with Crippen LogP contribution in [-0.4, -0.2) is 27.5 Å². The van der Waals surface area contributed by atoms with Crippen molar-refractivity contribution in [2.75, 3.05) is 13.7 Å². The Hall–Kier alpha value is -1.29. The Morgan fingerprint density at radius 1 is 1.47 bits per heavy atom. The molecule has 0 fully saturated rings. The summed E-state index contributed by atoms with van der Waals surface area (Å²) in [5.74, 6) is -0.367. The van der Waals surface area contributed by atoms with Crippen LogP contribution in [0.2, 0.25) is 0 Å². The second-order valence-electron chi connectivity index (χ2n) is 3.63. The Balaban J connectivity index is 2.44. The fourth-order valence-electron chi connectivity index (χ4n) is 1.84. The van der Waals surface area contributed by atoms with Gasteiger partial charge in [-0.2, -0.15) is 0 Å². The monoisotopic (exact) mass is 201 g/mol. The summed E-state index contributed by atoms with van der Waals surface area (Å²) in [6.07, 6.45) is 0.930. The molecular formula is C11H12BNO2. The van der Waals surface area contributed by atoms with Gasteiger partial charge in [-0.1, -0.05) is 11.5 Å². The molecule has 1 aliphatic heterocycles. The van der Waals surface area contributed by atoms with Crippen LogP contribution < -0.4 is 10.8 Å². The van der Waals surface area contributed by atoms with E-state index < -0.39 is 0 Å². The van der Waals surface area contributed by atoms with Crippen molar-refractivity contribution in [1.82, 2.24) is 5.32 Å². The molecule has 0 amide bonds. The molecule has 0 aromatic heterocycles. The summed E-state index contributed by atoms with van der Waals surface area (Å²) >= 11 is 0. The SMILES string of the molecule is [B]c1cc2c(cc1C(=O)OC)CCNC2. The number of benzene rings is 1. The van der Waals surface area contributed by atoms with Crippen LogP contribution in [0, 0.1) is 0 Å². The zero-order valence-corrected chi connectivity index (χ0v) is 8.67. The van der Waals surface area contributed by atoms with E-state index in [-0.39, 0.29) is 5.97 Å². The molecule has 3 nitrogen and oxygen atoms in total. The van der Waals surface area contributed by atoms with E-state index in [9.17, 15) is 4.79 Å². The quantitative estimate of drug-likeness (QED) is 0.509. The summed E-state index contributed by atoms with van der Waals surface area (Å²) in [4.78, 5) is 11.4. The molecule has 1 aliphatic rings. The third kappa shape index (κ3) is 1.90. The number of rotatable bonds is 1. The van der Waals surface area contributed by atoms with Gasteiger partial charge < -0.3 is 10.1 Å². The first-order chi connectivity index (χ1) is 7.22. The van der Waals surface area contributed by atoms with Crippen molar-refractivity contribution in [1.29, 1.82) is 0 Å². The fraction of sp³-hybridized carbons (Fsp3) is 0.364. The zero-order chi connectivity index (χ0) is 10.8. The first-order valence-corrected chi connectivity index (χ1v) is 4.92. The van der Waals surface area contributed by atoms with E-state index in [0.717, 1.165) is 19.5 Å². The lowest BCUT2D eigenvalue weighted by Gasteiger charge is -2.19. The smallest absolute Gasteiger partial charge is 0.337 e. The van der Waals surface area contributed by atoms with Crippen LogP contribution in [-0.2, 0) is 17.7 Å². The largest absolute Gasteiger partial charge is 0.465 e. The molecule has 0 saturated heterocycles. The number of ether oxygens (including phenoxy) is 1.